The van der Waals surface area contributed by atoms with Crippen LogP contribution in [0.25, 0.3) is 0 Å². The maximum absolute atomic E-state index is 10.4. The predicted octanol–water partition coefficient (Wildman–Crippen LogP) is 2.45. The zero-order valence-corrected chi connectivity index (χ0v) is 9.16. The van der Waals surface area contributed by atoms with Gasteiger partial charge in [-0.05, 0) is 40.8 Å². The Morgan fingerprint density at radius 1 is 1.64 bits per heavy atom. The van der Waals surface area contributed by atoms with Gasteiger partial charge in [0.1, 0.15) is 0 Å². The molecule has 0 saturated heterocycles. The first-order chi connectivity index (χ1) is 6.79. The summed E-state index contributed by atoms with van der Waals surface area (Å²) in [5.41, 5.74) is 0.552. The fourth-order valence-corrected chi connectivity index (χ4v) is 1.57. The molecule has 74 valence electrons. The number of aromatic nitrogens is 1. The molecule has 0 aromatic carbocycles. The van der Waals surface area contributed by atoms with Gasteiger partial charge in [-0.1, -0.05) is 0 Å². The molecule has 0 spiro atoms. The standard InChI is InChI=1S/C10H10BrNO2/c11-9-3-8(5-13)4-12-10(9)14-6-7-1-2-7/h3-5,7H,1-2,6H2. The van der Waals surface area contributed by atoms with Crippen molar-refractivity contribution < 1.29 is 9.53 Å². The fraction of sp³-hybridized carbons (Fsp3) is 0.400. The largest absolute Gasteiger partial charge is 0.477 e. The zero-order chi connectivity index (χ0) is 9.97. The highest BCUT2D eigenvalue weighted by atomic mass is 79.9. The summed E-state index contributed by atoms with van der Waals surface area (Å²) < 4.78 is 6.22. The van der Waals surface area contributed by atoms with Crippen molar-refractivity contribution in [3.8, 4) is 5.88 Å². The van der Waals surface area contributed by atoms with Gasteiger partial charge < -0.3 is 4.74 Å². The molecule has 0 radical (unpaired) electrons. The quantitative estimate of drug-likeness (QED) is 0.776. The van der Waals surface area contributed by atoms with Crippen molar-refractivity contribution >= 4 is 22.2 Å². The van der Waals surface area contributed by atoms with Crippen LogP contribution >= 0.6 is 15.9 Å². The molecule has 14 heavy (non-hydrogen) atoms. The van der Waals surface area contributed by atoms with E-state index in [-0.39, 0.29) is 0 Å². The Morgan fingerprint density at radius 2 is 2.43 bits per heavy atom. The number of carbonyl (C=O) groups excluding carboxylic acids is 1. The lowest BCUT2D eigenvalue weighted by Gasteiger charge is -2.05. The summed E-state index contributed by atoms with van der Waals surface area (Å²) in [5.74, 6) is 1.27. The van der Waals surface area contributed by atoms with Gasteiger partial charge in [0.25, 0.3) is 0 Å². The van der Waals surface area contributed by atoms with Gasteiger partial charge in [-0.25, -0.2) is 4.98 Å². The highest BCUT2D eigenvalue weighted by molar-refractivity contribution is 9.10. The number of hydrogen-bond donors (Lipinski definition) is 0. The Kier molecular flexibility index (Phi) is 2.82. The monoisotopic (exact) mass is 255 g/mol. The van der Waals surface area contributed by atoms with Crippen molar-refractivity contribution in [2.24, 2.45) is 5.92 Å². The van der Waals surface area contributed by atoms with Crippen LogP contribution in [0, 0.1) is 5.92 Å². The Hall–Kier alpha value is -0.900. The van der Waals surface area contributed by atoms with Gasteiger partial charge in [-0.3, -0.25) is 4.79 Å². The number of aldehydes is 1. The first kappa shape index (κ1) is 9.65. The minimum atomic E-state index is 0.552. The van der Waals surface area contributed by atoms with E-state index in [2.05, 4.69) is 20.9 Å². The number of rotatable bonds is 4. The Labute approximate surface area is 90.6 Å². The van der Waals surface area contributed by atoms with E-state index in [0.29, 0.717) is 17.4 Å². The molecule has 0 atom stereocenters. The van der Waals surface area contributed by atoms with E-state index >= 15 is 0 Å². The minimum absolute atomic E-state index is 0.552. The lowest BCUT2D eigenvalue weighted by atomic mass is 10.3. The average Bonchev–Trinajstić information content (AvgIpc) is 2.99. The van der Waals surface area contributed by atoms with E-state index in [0.717, 1.165) is 17.4 Å². The predicted molar refractivity (Wildman–Crippen MR) is 55.5 cm³/mol. The molecule has 1 aliphatic rings. The van der Waals surface area contributed by atoms with E-state index in [4.69, 9.17) is 4.74 Å². The summed E-state index contributed by atoms with van der Waals surface area (Å²) in [6.07, 6.45) is 4.79. The molecule has 0 N–H and O–H groups in total. The first-order valence-corrected chi connectivity index (χ1v) is 5.32. The van der Waals surface area contributed by atoms with E-state index in [1.165, 1.54) is 19.0 Å². The van der Waals surface area contributed by atoms with E-state index in [1.54, 1.807) is 6.07 Å². The molecular weight excluding hydrogens is 246 g/mol. The number of ether oxygens (including phenoxy) is 1. The van der Waals surface area contributed by atoms with Crippen LogP contribution in [-0.4, -0.2) is 17.9 Å². The molecule has 0 bridgehead atoms. The summed E-state index contributed by atoms with van der Waals surface area (Å²) in [5, 5.41) is 0. The van der Waals surface area contributed by atoms with Crippen LogP contribution in [-0.2, 0) is 0 Å². The van der Waals surface area contributed by atoms with Gasteiger partial charge in [0.05, 0.1) is 11.1 Å². The van der Waals surface area contributed by atoms with Crippen LogP contribution in [0.5, 0.6) is 5.88 Å². The van der Waals surface area contributed by atoms with Gasteiger partial charge >= 0.3 is 0 Å². The van der Waals surface area contributed by atoms with Gasteiger partial charge in [0, 0.05) is 11.8 Å². The third kappa shape index (κ3) is 2.32. The smallest absolute Gasteiger partial charge is 0.227 e. The number of pyridine rings is 1. The van der Waals surface area contributed by atoms with Crippen LogP contribution in [0.1, 0.15) is 23.2 Å². The average molecular weight is 256 g/mol. The summed E-state index contributed by atoms with van der Waals surface area (Å²) in [6, 6.07) is 1.71. The van der Waals surface area contributed by atoms with Crippen LogP contribution in [0.4, 0.5) is 0 Å². The molecular formula is C10H10BrNO2. The maximum Gasteiger partial charge on any atom is 0.227 e. The van der Waals surface area contributed by atoms with Crippen molar-refractivity contribution in [1.82, 2.24) is 4.98 Å². The van der Waals surface area contributed by atoms with Crippen LogP contribution < -0.4 is 4.74 Å². The molecule has 0 amide bonds. The summed E-state index contributed by atoms with van der Waals surface area (Å²) in [7, 11) is 0. The SMILES string of the molecule is O=Cc1cnc(OCC2CC2)c(Br)c1. The number of halogens is 1. The summed E-state index contributed by atoms with van der Waals surface area (Å²) in [6.45, 7) is 0.728. The molecule has 4 heteroatoms. The van der Waals surface area contributed by atoms with Gasteiger partial charge in [0.15, 0.2) is 6.29 Å². The molecule has 1 saturated carbocycles. The minimum Gasteiger partial charge on any atom is -0.477 e. The molecule has 2 rings (SSSR count). The molecule has 1 fully saturated rings. The third-order valence-electron chi connectivity index (χ3n) is 2.12. The second-order valence-corrected chi connectivity index (χ2v) is 4.28. The van der Waals surface area contributed by atoms with E-state index < -0.39 is 0 Å². The van der Waals surface area contributed by atoms with Crippen LogP contribution in [0.3, 0.4) is 0 Å². The van der Waals surface area contributed by atoms with Crippen molar-refractivity contribution in [3.05, 3.63) is 22.3 Å². The lowest BCUT2D eigenvalue weighted by Crippen LogP contribution is -2.01. The molecule has 0 aliphatic heterocycles. The third-order valence-corrected chi connectivity index (χ3v) is 2.69. The molecule has 1 aliphatic carbocycles. The first-order valence-electron chi connectivity index (χ1n) is 4.53. The van der Waals surface area contributed by atoms with E-state index in [9.17, 15) is 4.79 Å². The number of hydrogen-bond acceptors (Lipinski definition) is 3. The topological polar surface area (TPSA) is 39.2 Å². The molecule has 1 aromatic heterocycles. The van der Waals surface area contributed by atoms with Crippen molar-refractivity contribution in [2.75, 3.05) is 6.61 Å². The molecule has 0 unspecified atom stereocenters. The fourth-order valence-electron chi connectivity index (χ4n) is 1.09. The Morgan fingerprint density at radius 3 is 3.00 bits per heavy atom. The maximum atomic E-state index is 10.4. The molecule has 1 aromatic rings. The van der Waals surface area contributed by atoms with Crippen LogP contribution in [0.2, 0.25) is 0 Å². The highest BCUT2D eigenvalue weighted by Crippen LogP contribution is 2.30. The molecule has 3 nitrogen and oxygen atoms in total. The van der Waals surface area contributed by atoms with Crippen molar-refractivity contribution in [1.29, 1.82) is 0 Å². The lowest BCUT2D eigenvalue weighted by molar-refractivity contribution is 0.112. The Balaban J connectivity index is 2.04. The molecule has 1 heterocycles. The van der Waals surface area contributed by atoms with Crippen molar-refractivity contribution in [3.63, 3.8) is 0 Å². The second kappa shape index (κ2) is 4.09. The number of nitrogens with zero attached hydrogens (tertiary/aromatic N) is 1. The van der Waals surface area contributed by atoms with E-state index in [1.807, 2.05) is 0 Å². The number of carbonyl (C=O) groups is 1. The normalized spacial score (nSPS) is 15.2. The van der Waals surface area contributed by atoms with Crippen molar-refractivity contribution in [2.45, 2.75) is 12.8 Å². The Bertz CT molecular complexity index is 350. The van der Waals surface area contributed by atoms with Crippen LogP contribution in [0.15, 0.2) is 16.7 Å². The second-order valence-electron chi connectivity index (χ2n) is 3.43. The van der Waals surface area contributed by atoms with Gasteiger partial charge in [0.2, 0.25) is 5.88 Å². The highest BCUT2D eigenvalue weighted by Gasteiger charge is 2.22. The zero-order valence-electron chi connectivity index (χ0n) is 7.57. The van der Waals surface area contributed by atoms with Gasteiger partial charge in [-0.15, -0.1) is 0 Å². The summed E-state index contributed by atoms with van der Waals surface area (Å²) >= 11 is 3.31. The summed E-state index contributed by atoms with van der Waals surface area (Å²) in [4.78, 5) is 14.5. The van der Waals surface area contributed by atoms with Gasteiger partial charge in [-0.2, -0.15) is 0 Å².